The fourth-order valence-electron chi connectivity index (χ4n) is 2.12. The Labute approximate surface area is 129 Å². The predicted molar refractivity (Wildman–Crippen MR) is 70.8 cm³/mol. The molecule has 0 saturated carbocycles. The number of alkyl halides is 3. The van der Waals surface area contributed by atoms with Crippen LogP contribution in [0.1, 0.15) is 5.56 Å². The molecule has 126 valence electrons. The zero-order valence-electron chi connectivity index (χ0n) is 11.9. The number of carboxylic acid groups (broad SMARTS) is 1. The second-order valence-electron chi connectivity index (χ2n) is 4.91. The van der Waals surface area contributed by atoms with Crippen molar-refractivity contribution < 1.29 is 37.3 Å². The van der Waals surface area contributed by atoms with E-state index in [1.807, 2.05) is 0 Å². The molecular weight excluding hydrogens is 319 g/mol. The number of carbonyl (C=O) groups is 2. The van der Waals surface area contributed by atoms with Gasteiger partial charge >= 0.3 is 12.3 Å². The van der Waals surface area contributed by atoms with Crippen LogP contribution >= 0.6 is 0 Å². The van der Waals surface area contributed by atoms with Gasteiger partial charge < -0.3 is 19.5 Å². The third kappa shape index (κ3) is 5.13. The number of ether oxygens (including phenoxy) is 2. The number of hydrogen-bond donors (Lipinski definition) is 1. The topological polar surface area (TPSA) is 76.1 Å². The molecule has 1 amide bonds. The zero-order chi connectivity index (χ0) is 17.0. The van der Waals surface area contributed by atoms with Crippen molar-refractivity contribution in [2.24, 2.45) is 0 Å². The van der Waals surface area contributed by atoms with E-state index >= 15 is 0 Å². The van der Waals surface area contributed by atoms with E-state index in [0.717, 1.165) is 12.1 Å². The van der Waals surface area contributed by atoms with Crippen LogP contribution in [0.15, 0.2) is 24.3 Å². The Kier molecular flexibility index (Phi) is 5.09. The number of carboxylic acids is 1. The molecule has 0 spiro atoms. The first-order valence-electron chi connectivity index (χ1n) is 6.71. The number of nitrogens with zero attached hydrogens (tertiary/aromatic N) is 1. The second-order valence-corrected chi connectivity index (χ2v) is 4.91. The van der Waals surface area contributed by atoms with Crippen LogP contribution in [0.4, 0.5) is 13.2 Å². The van der Waals surface area contributed by atoms with E-state index in [0.29, 0.717) is 5.56 Å². The summed E-state index contributed by atoms with van der Waals surface area (Å²) in [4.78, 5) is 24.3. The Morgan fingerprint density at radius 1 is 1.30 bits per heavy atom. The Bertz CT molecular complexity index is 573. The van der Waals surface area contributed by atoms with Gasteiger partial charge in [0.2, 0.25) is 5.91 Å². The van der Waals surface area contributed by atoms with Crippen LogP contribution in [-0.2, 0) is 20.7 Å². The molecule has 1 aliphatic heterocycles. The maximum absolute atomic E-state index is 12.1. The number of morpholine rings is 1. The third-order valence-electron chi connectivity index (χ3n) is 3.21. The van der Waals surface area contributed by atoms with E-state index in [1.165, 1.54) is 17.0 Å². The lowest BCUT2D eigenvalue weighted by molar-refractivity contribution is -0.274. The normalized spacial score (nSPS) is 18.6. The summed E-state index contributed by atoms with van der Waals surface area (Å²) < 4.78 is 44.9. The van der Waals surface area contributed by atoms with Crippen LogP contribution in [0.5, 0.6) is 5.75 Å². The molecule has 0 bridgehead atoms. The largest absolute Gasteiger partial charge is 0.573 e. The molecule has 1 fully saturated rings. The van der Waals surface area contributed by atoms with Crippen molar-refractivity contribution in [2.75, 3.05) is 19.7 Å². The number of rotatable bonds is 4. The molecular formula is C14H14F3NO5. The first kappa shape index (κ1) is 17.1. The Morgan fingerprint density at radius 2 is 1.96 bits per heavy atom. The van der Waals surface area contributed by atoms with Gasteiger partial charge in [-0.1, -0.05) is 12.1 Å². The van der Waals surface area contributed by atoms with Crippen LogP contribution in [-0.4, -0.2) is 54.0 Å². The Hall–Kier alpha value is -2.29. The van der Waals surface area contributed by atoms with Gasteiger partial charge in [-0.25, -0.2) is 4.79 Å². The first-order chi connectivity index (χ1) is 10.7. The van der Waals surface area contributed by atoms with Crippen molar-refractivity contribution in [3.63, 3.8) is 0 Å². The minimum absolute atomic E-state index is 0.0430. The maximum Gasteiger partial charge on any atom is 0.573 e. The molecule has 1 aromatic carbocycles. The molecule has 0 radical (unpaired) electrons. The molecule has 6 nitrogen and oxygen atoms in total. The highest BCUT2D eigenvalue weighted by atomic mass is 19.4. The summed E-state index contributed by atoms with van der Waals surface area (Å²) in [6.45, 7) is 0.350. The van der Waals surface area contributed by atoms with Gasteiger partial charge in [-0.2, -0.15) is 0 Å². The van der Waals surface area contributed by atoms with Crippen molar-refractivity contribution in [3.8, 4) is 5.75 Å². The molecule has 1 aromatic rings. The van der Waals surface area contributed by atoms with Crippen LogP contribution in [0.25, 0.3) is 0 Å². The lowest BCUT2D eigenvalue weighted by Gasteiger charge is -2.31. The molecule has 2 rings (SSSR count). The van der Waals surface area contributed by atoms with E-state index in [2.05, 4.69) is 4.74 Å². The average Bonchev–Trinajstić information content (AvgIpc) is 2.48. The van der Waals surface area contributed by atoms with Gasteiger partial charge in [-0.05, 0) is 17.7 Å². The molecule has 1 N–H and O–H groups in total. The van der Waals surface area contributed by atoms with Crippen LogP contribution in [0, 0.1) is 0 Å². The van der Waals surface area contributed by atoms with E-state index in [1.54, 1.807) is 0 Å². The molecule has 1 saturated heterocycles. The molecule has 0 aromatic heterocycles. The van der Waals surface area contributed by atoms with E-state index in [-0.39, 0.29) is 37.8 Å². The lowest BCUT2D eigenvalue weighted by Crippen LogP contribution is -2.49. The number of carbonyl (C=O) groups excluding carboxylic acids is 1. The number of amides is 1. The molecule has 9 heteroatoms. The fraction of sp³-hybridized carbons (Fsp3) is 0.429. The van der Waals surface area contributed by atoms with E-state index in [9.17, 15) is 22.8 Å². The number of benzene rings is 1. The number of aliphatic carboxylic acids is 1. The number of halogens is 3. The van der Waals surface area contributed by atoms with E-state index < -0.39 is 18.4 Å². The summed E-state index contributed by atoms with van der Waals surface area (Å²) in [5.41, 5.74) is 0.503. The van der Waals surface area contributed by atoms with Crippen molar-refractivity contribution in [2.45, 2.75) is 18.9 Å². The monoisotopic (exact) mass is 333 g/mol. The maximum atomic E-state index is 12.1. The average molecular weight is 333 g/mol. The van der Waals surface area contributed by atoms with Crippen molar-refractivity contribution in [3.05, 3.63) is 29.8 Å². The highest BCUT2D eigenvalue weighted by molar-refractivity contribution is 5.80. The van der Waals surface area contributed by atoms with Crippen molar-refractivity contribution in [1.29, 1.82) is 0 Å². The van der Waals surface area contributed by atoms with Gasteiger partial charge in [-0.15, -0.1) is 13.2 Å². The van der Waals surface area contributed by atoms with Gasteiger partial charge in [0.15, 0.2) is 6.10 Å². The van der Waals surface area contributed by atoms with Crippen molar-refractivity contribution in [1.82, 2.24) is 4.90 Å². The standard InChI is InChI=1S/C14H14F3NO5/c15-14(16,17)23-10-3-1-9(2-4-10)7-12(19)18-5-6-22-11(8-18)13(20)21/h1-4,11H,5-8H2,(H,20,21)/t11-/m0/s1. The summed E-state index contributed by atoms with van der Waals surface area (Å²) >= 11 is 0. The van der Waals surface area contributed by atoms with Crippen LogP contribution in [0.2, 0.25) is 0 Å². The van der Waals surface area contributed by atoms with E-state index in [4.69, 9.17) is 9.84 Å². The molecule has 23 heavy (non-hydrogen) atoms. The third-order valence-corrected chi connectivity index (χ3v) is 3.21. The predicted octanol–water partition coefficient (Wildman–Crippen LogP) is 1.44. The van der Waals surface area contributed by atoms with Crippen LogP contribution < -0.4 is 4.74 Å². The first-order valence-corrected chi connectivity index (χ1v) is 6.71. The molecule has 1 atom stereocenters. The lowest BCUT2D eigenvalue weighted by atomic mass is 10.1. The second kappa shape index (κ2) is 6.86. The van der Waals surface area contributed by atoms with Gasteiger partial charge in [0.1, 0.15) is 5.75 Å². The Balaban J connectivity index is 1.93. The molecule has 1 heterocycles. The van der Waals surface area contributed by atoms with Gasteiger partial charge in [0, 0.05) is 6.54 Å². The number of hydrogen-bond acceptors (Lipinski definition) is 4. The summed E-state index contributed by atoms with van der Waals surface area (Å²) in [5, 5.41) is 8.88. The minimum Gasteiger partial charge on any atom is -0.479 e. The van der Waals surface area contributed by atoms with Gasteiger partial charge in [-0.3, -0.25) is 4.79 Å². The zero-order valence-corrected chi connectivity index (χ0v) is 11.9. The summed E-state index contributed by atoms with van der Waals surface area (Å²) in [7, 11) is 0. The summed E-state index contributed by atoms with van der Waals surface area (Å²) in [6.07, 6.45) is -5.87. The SMILES string of the molecule is O=C(O)[C@@H]1CN(C(=O)Cc2ccc(OC(F)(F)F)cc2)CCO1. The quantitative estimate of drug-likeness (QED) is 0.902. The summed E-state index contributed by atoms with van der Waals surface area (Å²) in [5.74, 6) is -1.83. The fourth-order valence-corrected chi connectivity index (χ4v) is 2.12. The highest BCUT2D eigenvalue weighted by Crippen LogP contribution is 2.23. The van der Waals surface area contributed by atoms with Crippen molar-refractivity contribution >= 4 is 11.9 Å². The molecule has 1 aliphatic rings. The smallest absolute Gasteiger partial charge is 0.479 e. The van der Waals surface area contributed by atoms with Gasteiger partial charge in [0.05, 0.1) is 19.6 Å². The molecule has 0 aliphatic carbocycles. The van der Waals surface area contributed by atoms with Crippen LogP contribution in [0.3, 0.4) is 0 Å². The summed E-state index contributed by atoms with van der Waals surface area (Å²) in [6, 6.07) is 4.95. The van der Waals surface area contributed by atoms with Gasteiger partial charge in [0.25, 0.3) is 0 Å². The highest BCUT2D eigenvalue weighted by Gasteiger charge is 2.31. The molecule has 0 unspecified atom stereocenters. The Morgan fingerprint density at radius 3 is 2.52 bits per heavy atom. The minimum atomic E-state index is -4.77.